The quantitative estimate of drug-likeness (QED) is 0.668. The summed E-state index contributed by atoms with van der Waals surface area (Å²) in [7, 11) is 1.66. The van der Waals surface area contributed by atoms with Gasteiger partial charge in [0, 0.05) is 25.3 Å². The summed E-state index contributed by atoms with van der Waals surface area (Å²) in [5.74, 6) is 0.337. The molecule has 1 aromatic rings. The number of aromatic hydroxyl groups is 2. The maximum absolute atomic E-state index is 9.65. The van der Waals surface area contributed by atoms with Gasteiger partial charge in [0.05, 0.1) is 6.10 Å². The van der Waals surface area contributed by atoms with Crippen LogP contribution in [0.2, 0.25) is 0 Å². The van der Waals surface area contributed by atoms with Crippen LogP contribution in [0.15, 0.2) is 18.2 Å². The minimum atomic E-state index is -0.0373. The maximum atomic E-state index is 9.65. The fourth-order valence-electron chi connectivity index (χ4n) is 1.42. The van der Waals surface area contributed by atoms with Gasteiger partial charge in [-0.2, -0.15) is 0 Å². The zero-order valence-corrected chi connectivity index (χ0v) is 9.90. The number of hydrogen-bond donors (Lipinski definition) is 3. The van der Waals surface area contributed by atoms with Crippen LogP contribution in [0.3, 0.4) is 0 Å². The fraction of sp³-hybridized carbons (Fsp3) is 0.500. The van der Waals surface area contributed by atoms with Gasteiger partial charge in [-0.3, -0.25) is 0 Å². The third-order valence-corrected chi connectivity index (χ3v) is 2.59. The van der Waals surface area contributed by atoms with E-state index in [1.165, 1.54) is 12.1 Å². The van der Waals surface area contributed by atoms with Crippen LogP contribution in [0.1, 0.15) is 25.5 Å². The molecular formula is C12H19NO3. The van der Waals surface area contributed by atoms with E-state index in [-0.39, 0.29) is 23.6 Å². The molecule has 4 heteroatoms. The molecule has 4 nitrogen and oxygen atoms in total. The minimum Gasteiger partial charge on any atom is -0.508 e. The zero-order valence-electron chi connectivity index (χ0n) is 9.90. The molecule has 16 heavy (non-hydrogen) atoms. The van der Waals surface area contributed by atoms with Crippen LogP contribution >= 0.6 is 0 Å². The van der Waals surface area contributed by atoms with Crippen LogP contribution in [0, 0.1) is 0 Å². The monoisotopic (exact) mass is 225 g/mol. The summed E-state index contributed by atoms with van der Waals surface area (Å²) in [5, 5.41) is 22.2. The molecule has 0 aliphatic heterocycles. The summed E-state index contributed by atoms with van der Waals surface area (Å²) in [6.45, 7) is 4.58. The van der Waals surface area contributed by atoms with E-state index in [4.69, 9.17) is 4.74 Å². The van der Waals surface area contributed by atoms with Crippen molar-refractivity contribution in [2.24, 2.45) is 0 Å². The molecule has 0 aromatic heterocycles. The van der Waals surface area contributed by atoms with E-state index < -0.39 is 0 Å². The predicted octanol–water partition coefficient (Wildman–Crippen LogP) is 1.78. The molecule has 1 aromatic carbocycles. The summed E-state index contributed by atoms with van der Waals surface area (Å²) in [6.07, 6.45) is 0.113. The summed E-state index contributed by atoms with van der Waals surface area (Å²) >= 11 is 0. The number of hydrogen-bond acceptors (Lipinski definition) is 4. The molecule has 0 fully saturated rings. The Labute approximate surface area is 95.9 Å². The van der Waals surface area contributed by atoms with Crippen LogP contribution < -0.4 is 5.32 Å². The number of phenols is 2. The molecule has 0 saturated carbocycles. The summed E-state index contributed by atoms with van der Waals surface area (Å²) in [5.41, 5.74) is 0.684. The number of phenolic OH excluding ortho intramolecular Hbond substituents is 2. The molecule has 2 unspecified atom stereocenters. The van der Waals surface area contributed by atoms with Crippen LogP contribution in [-0.2, 0) is 4.74 Å². The molecular weight excluding hydrogens is 206 g/mol. The zero-order chi connectivity index (χ0) is 12.1. The van der Waals surface area contributed by atoms with E-state index in [1.54, 1.807) is 13.2 Å². The third kappa shape index (κ3) is 3.40. The highest BCUT2D eigenvalue weighted by Gasteiger charge is 2.11. The lowest BCUT2D eigenvalue weighted by molar-refractivity contribution is 0.115. The first-order valence-electron chi connectivity index (χ1n) is 5.32. The lowest BCUT2D eigenvalue weighted by Crippen LogP contribution is -2.28. The van der Waals surface area contributed by atoms with E-state index >= 15 is 0 Å². The number of benzene rings is 1. The van der Waals surface area contributed by atoms with Crippen molar-refractivity contribution >= 4 is 0 Å². The van der Waals surface area contributed by atoms with Gasteiger partial charge < -0.3 is 20.3 Å². The Balaban J connectivity index is 2.65. The van der Waals surface area contributed by atoms with Crippen molar-refractivity contribution in [2.45, 2.75) is 26.0 Å². The molecule has 90 valence electrons. The smallest absolute Gasteiger partial charge is 0.120 e. The van der Waals surface area contributed by atoms with Gasteiger partial charge in [-0.05, 0) is 32.0 Å². The Morgan fingerprint density at radius 3 is 2.62 bits per heavy atom. The molecule has 0 radical (unpaired) electrons. The maximum Gasteiger partial charge on any atom is 0.120 e. The van der Waals surface area contributed by atoms with E-state index in [0.29, 0.717) is 12.1 Å². The van der Waals surface area contributed by atoms with Crippen molar-refractivity contribution in [1.82, 2.24) is 5.32 Å². The van der Waals surface area contributed by atoms with Crippen LogP contribution in [0.25, 0.3) is 0 Å². The first-order valence-corrected chi connectivity index (χ1v) is 5.32. The Morgan fingerprint density at radius 2 is 2.00 bits per heavy atom. The first-order chi connectivity index (χ1) is 7.54. The number of rotatable bonds is 5. The van der Waals surface area contributed by atoms with Crippen molar-refractivity contribution in [3.63, 3.8) is 0 Å². The molecule has 0 aliphatic rings. The highest BCUT2D eigenvalue weighted by molar-refractivity contribution is 5.40. The average molecular weight is 225 g/mol. The molecule has 3 N–H and O–H groups in total. The highest BCUT2D eigenvalue weighted by atomic mass is 16.5. The Morgan fingerprint density at radius 1 is 1.31 bits per heavy atom. The van der Waals surface area contributed by atoms with Gasteiger partial charge in [0.1, 0.15) is 11.5 Å². The third-order valence-electron chi connectivity index (χ3n) is 2.59. The van der Waals surface area contributed by atoms with E-state index in [0.717, 1.165) is 0 Å². The number of nitrogens with one attached hydrogen (secondary N) is 1. The first kappa shape index (κ1) is 12.8. The number of methoxy groups -OCH3 is 1. The second-order valence-electron chi connectivity index (χ2n) is 3.92. The molecule has 2 atom stereocenters. The molecule has 1 rings (SSSR count). The van der Waals surface area contributed by atoms with Crippen LogP contribution in [0.5, 0.6) is 11.5 Å². The predicted molar refractivity (Wildman–Crippen MR) is 62.7 cm³/mol. The topological polar surface area (TPSA) is 61.7 Å². The van der Waals surface area contributed by atoms with E-state index in [1.807, 2.05) is 13.8 Å². The van der Waals surface area contributed by atoms with Crippen molar-refractivity contribution < 1.29 is 14.9 Å². The van der Waals surface area contributed by atoms with Gasteiger partial charge in [0.2, 0.25) is 0 Å². The standard InChI is InChI=1S/C12H19NO3/c1-8(16-3)7-13-9(2)11-6-10(14)4-5-12(11)15/h4-6,8-9,13-15H,7H2,1-3H3. The normalized spacial score (nSPS) is 14.7. The van der Waals surface area contributed by atoms with Gasteiger partial charge in [-0.25, -0.2) is 0 Å². The van der Waals surface area contributed by atoms with Crippen molar-refractivity contribution in [3.8, 4) is 11.5 Å². The number of ether oxygens (including phenoxy) is 1. The molecule has 0 heterocycles. The summed E-state index contributed by atoms with van der Waals surface area (Å²) in [4.78, 5) is 0. The van der Waals surface area contributed by atoms with Gasteiger partial charge >= 0.3 is 0 Å². The SMILES string of the molecule is COC(C)CNC(C)c1cc(O)ccc1O. The second-order valence-corrected chi connectivity index (χ2v) is 3.92. The summed E-state index contributed by atoms with van der Waals surface area (Å²) < 4.78 is 5.12. The van der Waals surface area contributed by atoms with Crippen LogP contribution in [0.4, 0.5) is 0 Å². The Kier molecular flexibility index (Phi) is 4.58. The largest absolute Gasteiger partial charge is 0.508 e. The molecule has 0 saturated heterocycles. The van der Waals surface area contributed by atoms with Gasteiger partial charge in [-0.15, -0.1) is 0 Å². The van der Waals surface area contributed by atoms with Gasteiger partial charge in [0.25, 0.3) is 0 Å². The molecule has 0 aliphatic carbocycles. The van der Waals surface area contributed by atoms with Crippen molar-refractivity contribution in [3.05, 3.63) is 23.8 Å². The molecule has 0 amide bonds. The molecule has 0 spiro atoms. The highest BCUT2D eigenvalue weighted by Crippen LogP contribution is 2.27. The average Bonchev–Trinajstić information content (AvgIpc) is 2.28. The minimum absolute atomic E-state index is 0.0373. The summed E-state index contributed by atoms with van der Waals surface area (Å²) in [6, 6.07) is 4.47. The van der Waals surface area contributed by atoms with Crippen molar-refractivity contribution in [1.29, 1.82) is 0 Å². The Bertz CT molecular complexity index is 341. The Hall–Kier alpha value is -1.26. The van der Waals surface area contributed by atoms with Crippen molar-refractivity contribution in [2.75, 3.05) is 13.7 Å². The fourth-order valence-corrected chi connectivity index (χ4v) is 1.42. The second kappa shape index (κ2) is 5.72. The molecule has 0 bridgehead atoms. The van der Waals surface area contributed by atoms with Gasteiger partial charge in [-0.1, -0.05) is 0 Å². The lowest BCUT2D eigenvalue weighted by Gasteiger charge is -2.18. The lowest BCUT2D eigenvalue weighted by atomic mass is 10.1. The van der Waals surface area contributed by atoms with Gasteiger partial charge in [0.15, 0.2) is 0 Å². The van der Waals surface area contributed by atoms with Crippen LogP contribution in [-0.4, -0.2) is 30.0 Å². The van der Waals surface area contributed by atoms with E-state index in [2.05, 4.69) is 5.32 Å². The van der Waals surface area contributed by atoms with E-state index in [9.17, 15) is 10.2 Å².